The molecule has 0 aromatic carbocycles. The molecule has 0 aromatic heterocycles. The lowest BCUT2D eigenvalue weighted by atomic mass is 9.82. The van der Waals surface area contributed by atoms with E-state index >= 15 is 0 Å². The van der Waals surface area contributed by atoms with Crippen molar-refractivity contribution in [2.75, 3.05) is 11.6 Å². The lowest BCUT2D eigenvalue weighted by molar-refractivity contribution is -0.183. The van der Waals surface area contributed by atoms with Gasteiger partial charge in [0.1, 0.15) is 6.04 Å². The van der Waals surface area contributed by atoms with Crippen LogP contribution in [0.4, 0.5) is 0 Å². The van der Waals surface area contributed by atoms with Crippen molar-refractivity contribution in [2.24, 2.45) is 0 Å². The van der Waals surface area contributed by atoms with Crippen LogP contribution >= 0.6 is 19.8 Å². The fraction of sp³-hybridized carbons (Fsp3) is 0.615. The molecule has 5 unspecified atom stereocenters. The summed E-state index contributed by atoms with van der Waals surface area (Å²) in [6.07, 6.45) is -1.39. The number of nitrogens with zero attached hydrogens (tertiary/aromatic N) is 1. The van der Waals surface area contributed by atoms with Crippen LogP contribution in [0.5, 0.6) is 0 Å². The fourth-order valence-electron chi connectivity index (χ4n) is 2.53. The Hall–Kier alpha value is -1.36. The van der Waals surface area contributed by atoms with Crippen LogP contribution in [0.1, 0.15) is 13.8 Å². The molecule has 0 spiro atoms. The molecule has 5 atom stereocenters. The van der Waals surface area contributed by atoms with E-state index in [-0.39, 0.29) is 11.6 Å². The smallest absolute Gasteiger partial charge is 0.327 e. The predicted octanol–water partition coefficient (Wildman–Crippen LogP) is -2.51. The second kappa shape index (κ2) is 6.75. The van der Waals surface area contributed by atoms with Gasteiger partial charge in [0.15, 0.2) is 11.9 Å². The maximum absolute atomic E-state index is 12.6. The molecule has 0 saturated carbocycles. The van der Waals surface area contributed by atoms with Gasteiger partial charge in [-0.25, -0.2) is 4.79 Å². The van der Waals surface area contributed by atoms with E-state index in [0.29, 0.717) is 5.80 Å². The number of hydrogen-bond donors (Lipinski definition) is 3. The number of carbonyl (C=O) groups excluding carboxylic acids is 3. The maximum atomic E-state index is 12.6. The topological polar surface area (TPSA) is 164 Å². The second-order valence-corrected chi connectivity index (χ2v) is 7.86. The Labute approximate surface area is 147 Å². The van der Waals surface area contributed by atoms with Crippen molar-refractivity contribution in [3.63, 3.8) is 0 Å². The zero-order valence-electron chi connectivity index (χ0n) is 13.2. The average molecular weight is 393 g/mol. The van der Waals surface area contributed by atoms with Crippen molar-refractivity contribution >= 4 is 49.0 Å². The van der Waals surface area contributed by atoms with Crippen LogP contribution in [-0.4, -0.2) is 84.4 Å². The van der Waals surface area contributed by atoms with Gasteiger partial charge in [0.05, 0.1) is 5.88 Å². The predicted molar refractivity (Wildman–Crippen MR) is 84.7 cm³/mol. The van der Waals surface area contributed by atoms with Gasteiger partial charge in [-0.15, -0.1) is 11.8 Å². The number of aliphatic hydroxyl groups is 2. The summed E-state index contributed by atoms with van der Waals surface area (Å²) in [5.74, 6) is -4.94. The summed E-state index contributed by atoms with van der Waals surface area (Å²) in [5.41, 5.74) is -5.87. The summed E-state index contributed by atoms with van der Waals surface area (Å²) in [6, 6.07) is -1.25. The van der Waals surface area contributed by atoms with E-state index < -0.39 is 54.8 Å². The number of amides is 1. The van der Waals surface area contributed by atoms with Gasteiger partial charge in [-0.2, -0.15) is 4.52 Å². The lowest BCUT2D eigenvalue weighted by Gasteiger charge is -2.34. The van der Waals surface area contributed by atoms with Crippen molar-refractivity contribution in [3.05, 3.63) is 0 Å². The lowest BCUT2D eigenvalue weighted by Crippen LogP contribution is -2.66. The van der Waals surface area contributed by atoms with E-state index in [2.05, 4.69) is 0 Å². The Bertz CT molecular complexity index is 678. The third-order valence-electron chi connectivity index (χ3n) is 3.93. The highest BCUT2D eigenvalue weighted by Gasteiger charge is 2.60. The van der Waals surface area contributed by atoms with Crippen molar-refractivity contribution in [2.45, 2.75) is 37.2 Å². The highest BCUT2D eigenvalue weighted by Crippen LogP contribution is 2.32. The Morgan fingerprint density at radius 2 is 2.12 bits per heavy atom. The molecular weight excluding hydrogens is 377 g/mol. The fourth-order valence-corrected chi connectivity index (χ4v) is 4.69. The molecule has 2 rings (SSSR count). The highest BCUT2D eigenvalue weighted by molar-refractivity contribution is 7.99. The van der Waals surface area contributed by atoms with Crippen molar-refractivity contribution in [1.82, 2.24) is 4.90 Å². The molecule has 0 aromatic rings. The number of carboxylic acids is 1. The molecule has 0 aliphatic carbocycles. The second-order valence-electron chi connectivity index (χ2n) is 5.82. The first-order valence-electron chi connectivity index (χ1n) is 7.07. The minimum Gasteiger partial charge on any atom is -0.603 e. The number of Topliss-reactive ketones (excluding diaryl/α,β-unsaturated/α-hetero) is 2. The number of hydrogen-bond acceptors (Lipinski definition) is 9. The minimum atomic E-state index is -2.98. The van der Waals surface area contributed by atoms with Crippen LogP contribution in [0.15, 0.2) is 0 Å². The largest absolute Gasteiger partial charge is 0.603 e. The number of ketones is 2. The molecule has 12 heteroatoms. The van der Waals surface area contributed by atoms with Gasteiger partial charge >= 0.3 is 5.97 Å². The first-order chi connectivity index (χ1) is 11.4. The van der Waals surface area contributed by atoms with Gasteiger partial charge in [0.25, 0.3) is 5.91 Å². The van der Waals surface area contributed by atoms with Crippen LogP contribution in [0.3, 0.4) is 0 Å². The first kappa shape index (κ1) is 20.0. The molecule has 3 N–H and O–H groups in total. The SMILES string of the molecule is CC1O[P+]([O-])=CC(O)(C(=O)C(C)(O)C(=O)N2CSCC2C(=O)O)C1=O. The zero-order chi connectivity index (χ0) is 19.2. The molecular formula is C13H16NO9PS. The molecule has 2 heterocycles. The van der Waals surface area contributed by atoms with E-state index in [1.54, 1.807) is 0 Å². The molecule has 25 heavy (non-hydrogen) atoms. The average Bonchev–Trinajstić information content (AvgIpc) is 3.00. The van der Waals surface area contributed by atoms with Crippen molar-refractivity contribution in [3.8, 4) is 0 Å². The Morgan fingerprint density at radius 3 is 2.68 bits per heavy atom. The molecule has 1 amide bonds. The van der Waals surface area contributed by atoms with Gasteiger partial charge in [0, 0.05) is 5.75 Å². The number of thioether (sulfide) groups is 1. The molecule has 2 aliphatic heterocycles. The number of rotatable bonds is 4. The molecule has 138 valence electrons. The van der Waals surface area contributed by atoms with Gasteiger partial charge < -0.3 is 25.1 Å². The number of aliphatic carboxylic acids is 1. The molecule has 0 radical (unpaired) electrons. The summed E-state index contributed by atoms with van der Waals surface area (Å²) in [5, 5.41) is 29.9. The van der Waals surface area contributed by atoms with E-state index in [1.165, 1.54) is 0 Å². The van der Waals surface area contributed by atoms with Crippen LogP contribution < -0.4 is 4.89 Å². The first-order valence-corrected chi connectivity index (χ1v) is 9.47. The Morgan fingerprint density at radius 1 is 1.52 bits per heavy atom. The Balaban J connectivity index is 2.36. The van der Waals surface area contributed by atoms with Gasteiger partial charge in [-0.3, -0.25) is 14.4 Å². The van der Waals surface area contributed by atoms with Crippen molar-refractivity contribution in [1.29, 1.82) is 0 Å². The van der Waals surface area contributed by atoms with E-state index in [4.69, 9.17) is 9.63 Å². The summed E-state index contributed by atoms with van der Waals surface area (Å²) in [7, 11) is -2.67. The summed E-state index contributed by atoms with van der Waals surface area (Å²) >= 11 is 1.11. The molecule has 1 saturated heterocycles. The summed E-state index contributed by atoms with van der Waals surface area (Å²) in [4.78, 5) is 60.7. The van der Waals surface area contributed by atoms with E-state index in [9.17, 15) is 34.3 Å². The molecule has 10 nitrogen and oxygen atoms in total. The number of carboxylic acid groups (broad SMARTS) is 1. The van der Waals surface area contributed by atoms with Crippen LogP contribution in [0.25, 0.3) is 0 Å². The zero-order valence-corrected chi connectivity index (χ0v) is 15.0. The summed E-state index contributed by atoms with van der Waals surface area (Å²) < 4.78 is 4.70. The van der Waals surface area contributed by atoms with Gasteiger partial charge in [0.2, 0.25) is 30.8 Å². The van der Waals surface area contributed by atoms with E-state index in [0.717, 1.165) is 30.5 Å². The van der Waals surface area contributed by atoms with Crippen LogP contribution in [0, 0.1) is 0 Å². The molecule has 0 bridgehead atoms. The summed E-state index contributed by atoms with van der Waals surface area (Å²) in [6.45, 7) is 1.92. The quantitative estimate of drug-likeness (QED) is 0.343. The monoisotopic (exact) mass is 393 g/mol. The maximum Gasteiger partial charge on any atom is 0.327 e. The standard InChI is InChI=1S/C13H16NO9PS/c1-6-8(15)13(21,4-24(22)23-6)10(18)12(2,20)11(19)14-5-25-3-7(14)9(16)17/h4,6-7,20-21H,3,5H2,1-2H3,(H,16,17). The Kier molecular flexibility index (Phi) is 5.39. The normalized spacial score (nSPS) is 33.6. The third-order valence-corrected chi connectivity index (χ3v) is 6.05. The van der Waals surface area contributed by atoms with Crippen molar-refractivity contribution < 1.29 is 43.9 Å². The highest BCUT2D eigenvalue weighted by atomic mass is 32.2. The third kappa shape index (κ3) is 3.35. The number of carbonyl (C=O) groups is 4. The van der Waals surface area contributed by atoms with E-state index in [1.807, 2.05) is 0 Å². The molecule has 2 aliphatic rings. The molecule has 1 fully saturated rings. The van der Waals surface area contributed by atoms with Gasteiger partial charge in [-0.05, 0) is 13.8 Å². The van der Waals surface area contributed by atoms with Crippen LogP contribution in [-0.2, 0) is 23.7 Å². The minimum absolute atomic E-state index is 0.0669. The van der Waals surface area contributed by atoms with Crippen LogP contribution in [0.2, 0.25) is 0 Å². The van der Waals surface area contributed by atoms with Gasteiger partial charge in [-0.1, -0.05) is 0 Å².